The van der Waals surface area contributed by atoms with E-state index in [1.165, 1.54) is 44.8 Å². The third-order valence-corrected chi connectivity index (χ3v) is 10.1. The number of carbonyl (C=O) groups is 3. The molecule has 10 heteroatoms. The van der Waals surface area contributed by atoms with Gasteiger partial charge in [0.15, 0.2) is 0 Å². The van der Waals surface area contributed by atoms with Gasteiger partial charge in [0.1, 0.15) is 10.5 Å². The minimum atomic E-state index is -0.227. The first-order chi connectivity index (χ1) is 20.2. The van der Waals surface area contributed by atoms with E-state index in [0.717, 1.165) is 56.3 Å². The van der Waals surface area contributed by atoms with E-state index in [-0.39, 0.29) is 45.2 Å². The zero-order valence-electron chi connectivity index (χ0n) is 27.1. The van der Waals surface area contributed by atoms with E-state index in [2.05, 4.69) is 62.8 Å². The largest absolute Gasteiger partial charge is 0.870 e. The number of nitrogens with zero attached hydrogens (tertiary/aromatic N) is 2. The zero-order valence-corrected chi connectivity index (χ0v) is 28.0. The fourth-order valence-electron chi connectivity index (χ4n) is 6.68. The number of carbonyl (C=O) groups excluding carboxylic acids is 3. The molecule has 1 aromatic carbocycles. The van der Waals surface area contributed by atoms with Crippen LogP contribution in [0.3, 0.4) is 0 Å². The van der Waals surface area contributed by atoms with Crippen LogP contribution in [0.5, 0.6) is 5.75 Å². The van der Waals surface area contributed by atoms with Crippen molar-refractivity contribution in [3.8, 4) is 5.75 Å². The Morgan fingerprint density at radius 3 is 2.20 bits per heavy atom. The molecule has 0 bridgehead atoms. The van der Waals surface area contributed by atoms with Crippen molar-refractivity contribution in [1.29, 1.82) is 0 Å². The molecule has 1 aromatic heterocycles. The average molecular weight is 627 g/mol. The van der Waals surface area contributed by atoms with Gasteiger partial charge in [0.05, 0.1) is 5.52 Å². The summed E-state index contributed by atoms with van der Waals surface area (Å²) in [6, 6.07) is 3.91. The maximum Gasteiger partial charge on any atom is 0.253 e. The van der Waals surface area contributed by atoms with Gasteiger partial charge in [0.25, 0.3) is 11.8 Å². The molecule has 3 amide bonds. The molecule has 0 atom stereocenters. The summed E-state index contributed by atoms with van der Waals surface area (Å²) >= 11 is 1.25. The Morgan fingerprint density at radius 2 is 1.61 bits per heavy atom. The highest BCUT2D eigenvalue weighted by atomic mass is 32.2. The number of amides is 3. The van der Waals surface area contributed by atoms with E-state index in [1.807, 2.05) is 6.07 Å². The van der Waals surface area contributed by atoms with Crippen LogP contribution in [0.2, 0.25) is 0 Å². The van der Waals surface area contributed by atoms with Gasteiger partial charge in [-0.15, -0.1) is 0 Å². The minimum absolute atomic E-state index is 0. The smallest absolute Gasteiger partial charge is 0.253 e. The summed E-state index contributed by atoms with van der Waals surface area (Å²) in [5.74, 6) is 0.669. The molecule has 1 saturated carbocycles. The number of likely N-dealkylation sites (tertiary alicyclic amines) is 1. The SMILES string of the molecule is CC(C)(C)Cc1c([SH+]C(C)(C)C)[nH]c2c(CN3CC(CNC(=O)C4CCC(CN5C(=O)C=CC5=O)CC4)C3)c(O)ccc12.[OH-]. The van der Waals surface area contributed by atoms with E-state index in [0.29, 0.717) is 31.3 Å². The first-order valence-corrected chi connectivity index (χ1v) is 16.7. The summed E-state index contributed by atoms with van der Waals surface area (Å²) in [6.07, 6.45) is 6.94. The van der Waals surface area contributed by atoms with Crippen LogP contribution in [-0.2, 0) is 39.1 Å². The van der Waals surface area contributed by atoms with Crippen molar-refractivity contribution in [2.75, 3.05) is 26.2 Å². The van der Waals surface area contributed by atoms with Gasteiger partial charge >= 0.3 is 0 Å². The van der Waals surface area contributed by atoms with Gasteiger partial charge in [0.2, 0.25) is 10.9 Å². The lowest BCUT2D eigenvalue weighted by Gasteiger charge is -2.40. The Hall–Kier alpha value is -2.82. The number of aromatic hydroxyl groups is 1. The van der Waals surface area contributed by atoms with E-state index in [4.69, 9.17) is 0 Å². The van der Waals surface area contributed by atoms with Gasteiger partial charge in [-0.1, -0.05) is 20.8 Å². The van der Waals surface area contributed by atoms with Crippen LogP contribution in [0.15, 0.2) is 29.3 Å². The Morgan fingerprint density at radius 1 is 0.977 bits per heavy atom. The van der Waals surface area contributed by atoms with Crippen molar-refractivity contribution in [3.63, 3.8) is 0 Å². The van der Waals surface area contributed by atoms with Gasteiger partial charge in [-0.2, -0.15) is 0 Å². The fraction of sp³-hybridized carbons (Fsp3) is 0.618. The predicted molar refractivity (Wildman–Crippen MR) is 175 cm³/mol. The van der Waals surface area contributed by atoms with Crippen LogP contribution in [0, 0.1) is 23.2 Å². The Bertz CT molecular complexity index is 1390. The van der Waals surface area contributed by atoms with Gasteiger partial charge < -0.3 is 20.9 Å². The Kier molecular flexibility index (Phi) is 10.3. The number of nitrogens with one attached hydrogen (secondary N) is 2. The standard InChI is InChI=1S/C34H48N4O4S.H2O/c1-33(2,3)15-25-24-11-12-27(39)26(30(24)36-32(25)43-34(4,5)6)20-37-17-22(18-37)16-35-31(42)23-9-7-21(8-10-23)19-38-28(40)13-14-29(38)41;/h11-14,21-23,36,39H,7-10,15-20H2,1-6H3,(H,35,42);1H2. The van der Waals surface area contributed by atoms with Crippen molar-refractivity contribution in [1.82, 2.24) is 20.1 Å². The van der Waals surface area contributed by atoms with Crippen LogP contribution in [0.1, 0.15) is 78.4 Å². The molecule has 2 aliphatic heterocycles. The topological polar surface area (TPSA) is 136 Å². The number of rotatable bonds is 9. The number of aromatic amines is 1. The number of hydrogen-bond donors (Lipinski definition) is 3. The zero-order chi connectivity index (χ0) is 31.1. The molecule has 9 nitrogen and oxygen atoms in total. The molecule has 5 rings (SSSR count). The number of hydrogen-bond acceptors (Lipinski definition) is 6. The molecule has 2 aromatic rings. The maximum atomic E-state index is 12.9. The number of thiol groups is 1. The molecule has 1 aliphatic carbocycles. The summed E-state index contributed by atoms with van der Waals surface area (Å²) in [5, 5.41) is 16.6. The van der Waals surface area contributed by atoms with Crippen LogP contribution in [0.4, 0.5) is 0 Å². The van der Waals surface area contributed by atoms with Gasteiger partial charge in [-0.25, -0.2) is 0 Å². The van der Waals surface area contributed by atoms with Gasteiger partial charge in [0, 0.05) is 85.0 Å². The van der Waals surface area contributed by atoms with Crippen molar-refractivity contribution >= 4 is 40.4 Å². The molecule has 3 aliphatic rings. The predicted octanol–water partition coefficient (Wildman–Crippen LogP) is 4.54. The molecule has 3 heterocycles. The highest BCUT2D eigenvalue weighted by molar-refractivity contribution is 7.80. The van der Waals surface area contributed by atoms with Crippen LogP contribution < -0.4 is 5.32 Å². The van der Waals surface area contributed by atoms with E-state index < -0.39 is 0 Å². The van der Waals surface area contributed by atoms with Crippen molar-refractivity contribution in [2.45, 2.75) is 90.0 Å². The van der Waals surface area contributed by atoms with E-state index in [1.54, 1.807) is 0 Å². The van der Waals surface area contributed by atoms with Crippen LogP contribution in [0.25, 0.3) is 10.9 Å². The number of phenolic OH excluding ortho intramolecular Hbond substituents is 1. The second kappa shape index (κ2) is 13.3. The van der Waals surface area contributed by atoms with Gasteiger partial charge in [-0.05, 0) is 76.3 Å². The highest BCUT2D eigenvalue weighted by Crippen LogP contribution is 2.38. The summed E-state index contributed by atoms with van der Waals surface area (Å²) in [5.41, 5.74) is 3.51. The number of fused-ring (bicyclic) bond motifs is 1. The number of aromatic nitrogens is 1. The normalized spacial score (nSPS) is 21.5. The quantitative estimate of drug-likeness (QED) is 0.213. The number of H-pyrrole nitrogens is 1. The van der Waals surface area contributed by atoms with Gasteiger partial charge in [-0.3, -0.25) is 24.2 Å². The minimum Gasteiger partial charge on any atom is -0.870 e. The average Bonchev–Trinajstić information content (AvgIpc) is 3.38. The number of imide groups is 1. The fourth-order valence-corrected chi connectivity index (χ4v) is 7.85. The first kappa shape index (κ1) is 34.1. The van der Waals surface area contributed by atoms with Crippen LogP contribution >= 0.6 is 0 Å². The van der Waals surface area contributed by atoms with E-state index in [9.17, 15) is 19.5 Å². The molecule has 1 saturated heterocycles. The molecule has 4 N–H and O–H groups in total. The lowest BCUT2D eigenvalue weighted by Crippen LogP contribution is -2.51. The van der Waals surface area contributed by atoms with E-state index >= 15 is 0 Å². The molecule has 44 heavy (non-hydrogen) atoms. The molecule has 0 unspecified atom stereocenters. The van der Waals surface area contributed by atoms with Crippen molar-refractivity contribution in [2.24, 2.45) is 23.2 Å². The second-order valence-electron chi connectivity index (χ2n) is 15.1. The number of benzene rings is 1. The molecular formula is C34H50N4O5S. The summed E-state index contributed by atoms with van der Waals surface area (Å²) in [4.78, 5) is 44.0. The molecule has 2 fully saturated rings. The van der Waals surface area contributed by atoms with Crippen LogP contribution in [-0.4, -0.2) is 74.0 Å². The third kappa shape index (κ3) is 8.06. The molecular weight excluding hydrogens is 576 g/mol. The molecule has 242 valence electrons. The lowest BCUT2D eigenvalue weighted by molar-refractivity contribution is -0.138. The maximum absolute atomic E-state index is 12.9. The highest BCUT2D eigenvalue weighted by Gasteiger charge is 2.34. The monoisotopic (exact) mass is 626 g/mol. The second-order valence-corrected chi connectivity index (χ2v) is 17.1. The van der Waals surface area contributed by atoms with Crippen molar-refractivity contribution in [3.05, 3.63) is 35.4 Å². The Labute approximate surface area is 265 Å². The first-order valence-electron chi connectivity index (χ1n) is 15.8. The third-order valence-electron chi connectivity index (χ3n) is 8.84. The molecule has 0 radical (unpaired) electrons. The van der Waals surface area contributed by atoms with Crippen molar-refractivity contribution < 1.29 is 25.0 Å². The summed E-state index contributed by atoms with van der Waals surface area (Å²) < 4.78 is 0.121. The Balaban J connectivity index is 0.00000442. The molecule has 0 spiro atoms. The lowest BCUT2D eigenvalue weighted by atomic mass is 9.81. The summed E-state index contributed by atoms with van der Waals surface area (Å²) in [6.45, 7) is 17.2. The summed E-state index contributed by atoms with van der Waals surface area (Å²) in [7, 11) is 0. The number of phenols is 1.